The maximum absolute atomic E-state index is 13.1. The predicted octanol–water partition coefficient (Wildman–Crippen LogP) is 3.73. The highest BCUT2D eigenvalue weighted by Gasteiger charge is 2.17. The molecular weight excluding hydrogens is 390 g/mol. The minimum atomic E-state index is -0.304. The number of benzene rings is 2. The van der Waals surface area contributed by atoms with Gasteiger partial charge in [0.05, 0.1) is 0 Å². The lowest BCUT2D eigenvalue weighted by atomic mass is 10.1. The van der Waals surface area contributed by atoms with Crippen LogP contribution in [0, 0.1) is 6.92 Å². The summed E-state index contributed by atoms with van der Waals surface area (Å²) in [5.41, 5.74) is 3.37. The number of aliphatic hydroxyl groups excluding tert-OH is 1. The first-order valence-corrected chi connectivity index (χ1v) is 10.7. The normalized spacial score (nSPS) is 10.8. The third kappa shape index (κ3) is 5.67. The first-order chi connectivity index (χ1) is 15.0. The zero-order chi connectivity index (χ0) is 22.2. The Bertz CT molecular complexity index is 1070. The third-order valence-corrected chi connectivity index (χ3v) is 5.22. The van der Waals surface area contributed by atoms with Gasteiger partial charge in [0, 0.05) is 35.5 Å². The number of nitrogens with zero attached hydrogens (tertiary/aromatic N) is 2. The summed E-state index contributed by atoms with van der Waals surface area (Å²) in [6.45, 7) is 3.60. The second-order valence-corrected chi connectivity index (χ2v) is 7.58. The average Bonchev–Trinajstić information content (AvgIpc) is 2.78. The molecule has 31 heavy (non-hydrogen) atoms. The summed E-state index contributed by atoms with van der Waals surface area (Å²) in [5.74, 6) is 0.135. The summed E-state index contributed by atoms with van der Waals surface area (Å²) in [6.07, 6.45) is 3.49. The molecule has 0 saturated heterocycles. The first-order valence-electron chi connectivity index (χ1n) is 10.7. The monoisotopic (exact) mass is 419 g/mol. The van der Waals surface area contributed by atoms with Crippen molar-refractivity contribution in [2.45, 2.75) is 46.1 Å². The van der Waals surface area contributed by atoms with Crippen molar-refractivity contribution >= 4 is 11.6 Å². The van der Waals surface area contributed by atoms with Gasteiger partial charge in [0.1, 0.15) is 12.4 Å². The summed E-state index contributed by atoms with van der Waals surface area (Å²) in [6, 6.07) is 17.1. The highest BCUT2D eigenvalue weighted by molar-refractivity contribution is 5.90. The molecule has 2 aromatic carbocycles. The molecule has 0 bridgehead atoms. The van der Waals surface area contributed by atoms with Gasteiger partial charge in [-0.15, -0.1) is 0 Å². The number of rotatable bonds is 9. The van der Waals surface area contributed by atoms with E-state index in [-0.39, 0.29) is 31.0 Å². The number of hydrogen-bond acceptors (Lipinski definition) is 4. The Labute approximate surface area is 182 Å². The molecule has 1 amide bonds. The second kappa shape index (κ2) is 10.7. The van der Waals surface area contributed by atoms with E-state index in [4.69, 9.17) is 0 Å². The van der Waals surface area contributed by atoms with Gasteiger partial charge in [-0.1, -0.05) is 55.8 Å². The number of nitrogens with one attached hydrogen (secondary N) is 1. The van der Waals surface area contributed by atoms with Crippen molar-refractivity contribution in [2.75, 3.05) is 11.9 Å². The fraction of sp³-hybridized carbons (Fsp3) is 0.320. The van der Waals surface area contributed by atoms with Crippen LogP contribution in [0.3, 0.4) is 0 Å². The maximum Gasteiger partial charge on any atom is 0.257 e. The van der Waals surface area contributed by atoms with Crippen LogP contribution >= 0.6 is 0 Å². The van der Waals surface area contributed by atoms with Crippen LogP contribution in [0.15, 0.2) is 59.4 Å². The van der Waals surface area contributed by atoms with E-state index in [1.165, 1.54) is 10.1 Å². The lowest BCUT2D eigenvalue weighted by Crippen LogP contribution is -2.33. The molecule has 162 valence electrons. The molecule has 0 fully saturated rings. The maximum atomic E-state index is 13.1. The number of unbranched alkanes of at least 4 members (excludes halogenated alkanes) is 1. The van der Waals surface area contributed by atoms with Gasteiger partial charge in [-0.25, -0.2) is 4.98 Å². The molecular formula is C25H29N3O3. The van der Waals surface area contributed by atoms with E-state index in [2.05, 4.69) is 17.2 Å². The van der Waals surface area contributed by atoms with Gasteiger partial charge < -0.3 is 10.4 Å². The fourth-order valence-electron chi connectivity index (χ4n) is 3.53. The Kier molecular flexibility index (Phi) is 7.73. The predicted molar refractivity (Wildman–Crippen MR) is 123 cm³/mol. The van der Waals surface area contributed by atoms with Crippen LogP contribution in [-0.2, 0) is 24.2 Å². The lowest BCUT2D eigenvalue weighted by Gasteiger charge is -2.16. The Balaban J connectivity index is 1.87. The van der Waals surface area contributed by atoms with Crippen LogP contribution in [0.2, 0.25) is 0 Å². The van der Waals surface area contributed by atoms with E-state index >= 15 is 0 Å². The number of aryl methyl sites for hydroxylation is 2. The second-order valence-electron chi connectivity index (χ2n) is 7.58. The molecule has 0 aliphatic carbocycles. The van der Waals surface area contributed by atoms with Gasteiger partial charge in [-0.3, -0.25) is 14.2 Å². The minimum Gasteiger partial charge on any atom is -0.396 e. The van der Waals surface area contributed by atoms with E-state index in [1.807, 2.05) is 54.6 Å². The van der Waals surface area contributed by atoms with Crippen molar-refractivity contribution in [3.05, 3.63) is 81.8 Å². The van der Waals surface area contributed by atoms with Crippen LogP contribution in [-0.4, -0.2) is 27.2 Å². The fourth-order valence-corrected chi connectivity index (χ4v) is 3.53. The highest BCUT2D eigenvalue weighted by atomic mass is 16.3. The number of aliphatic hydroxyl groups is 1. The first kappa shape index (κ1) is 22.4. The van der Waals surface area contributed by atoms with Crippen LogP contribution in [0.1, 0.15) is 36.6 Å². The van der Waals surface area contributed by atoms with Crippen LogP contribution in [0.5, 0.6) is 0 Å². The largest absolute Gasteiger partial charge is 0.396 e. The number of aromatic nitrogens is 2. The Morgan fingerprint density at radius 3 is 2.42 bits per heavy atom. The molecule has 1 aromatic heterocycles. The zero-order valence-corrected chi connectivity index (χ0v) is 18.1. The smallest absolute Gasteiger partial charge is 0.257 e. The van der Waals surface area contributed by atoms with Crippen molar-refractivity contribution in [3.8, 4) is 11.4 Å². The van der Waals surface area contributed by atoms with Crippen molar-refractivity contribution in [1.82, 2.24) is 9.55 Å². The lowest BCUT2D eigenvalue weighted by molar-refractivity contribution is -0.116. The summed E-state index contributed by atoms with van der Waals surface area (Å²) in [4.78, 5) is 30.5. The molecule has 6 nitrogen and oxygen atoms in total. The van der Waals surface area contributed by atoms with Gasteiger partial charge in [0.2, 0.25) is 5.91 Å². The van der Waals surface area contributed by atoms with Crippen molar-refractivity contribution in [2.24, 2.45) is 0 Å². The summed E-state index contributed by atoms with van der Waals surface area (Å²) in [7, 11) is 0. The standard InChI is InChI=1S/C25H29N3O3/c1-3-4-8-19-11-13-21(14-12-19)27-23(30)17-28-24(20-9-6-5-7-10-20)26-18(2)22(15-16-29)25(28)31/h5-7,9-14,29H,3-4,8,15-17H2,1-2H3,(H,27,30). The zero-order valence-electron chi connectivity index (χ0n) is 18.1. The summed E-state index contributed by atoms with van der Waals surface area (Å²) >= 11 is 0. The van der Waals surface area contributed by atoms with E-state index < -0.39 is 0 Å². The number of amides is 1. The number of hydrogen-bond donors (Lipinski definition) is 2. The van der Waals surface area contributed by atoms with Gasteiger partial charge in [0.25, 0.3) is 5.56 Å². The molecule has 0 radical (unpaired) electrons. The van der Waals surface area contributed by atoms with Crippen molar-refractivity contribution in [3.63, 3.8) is 0 Å². The van der Waals surface area contributed by atoms with E-state index in [0.29, 0.717) is 22.8 Å². The van der Waals surface area contributed by atoms with Crippen molar-refractivity contribution in [1.29, 1.82) is 0 Å². The third-order valence-electron chi connectivity index (χ3n) is 5.22. The molecule has 0 spiro atoms. The number of anilines is 1. The molecule has 3 aromatic rings. The number of carbonyl (C=O) groups excluding carboxylic acids is 1. The topological polar surface area (TPSA) is 84.2 Å². The highest BCUT2D eigenvalue weighted by Crippen LogP contribution is 2.18. The molecule has 0 aliphatic heterocycles. The molecule has 0 unspecified atom stereocenters. The van der Waals surface area contributed by atoms with Crippen LogP contribution in [0.4, 0.5) is 5.69 Å². The van der Waals surface area contributed by atoms with Gasteiger partial charge in [0.15, 0.2) is 0 Å². The van der Waals surface area contributed by atoms with Crippen molar-refractivity contribution < 1.29 is 9.90 Å². The summed E-state index contributed by atoms with van der Waals surface area (Å²) in [5, 5.41) is 12.2. The van der Waals surface area contributed by atoms with E-state index in [1.54, 1.807) is 6.92 Å². The Morgan fingerprint density at radius 2 is 1.77 bits per heavy atom. The molecule has 6 heteroatoms. The molecule has 3 rings (SSSR count). The molecule has 1 heterocycles. The molecule has 0 saturated carbocycles. The SMILES string of the molecule is CCCCc1ccc(NC(=O)Cn2c(-c3ccccc3)nc(C)c(CCO)c2=O)cc1. The van der Waals surface area contributed by atoms with E-state index in [0.717, 1.165) is 24.8 Å². The molecule has 0 atom stereocenters. The quantitative estimate of drug-likeness (QED) is 0.553. The van der Waals surface area contributed by atoms with Gasteiger partial charge in [-0.2, -0.15) is 0 Å². The van der Waals surface area contributed by atoms with Gasteiger partial charge in [-0.05, 0) is 37.5 Å². The minimum absolute atomic E-state index is 0.154. The van der Waals surface area contributed by atoms with Gasteiger partial charge >= 0.3 is 0 Å². The Morgan fingerprint density at radius 1 is 1.06 bits per heavy atom. The molecule has 0 aliphatic rings. The van der Waals surface area contributed by atoms with E-state index in [9.17, 15) is 14.7 Å². The Hall–Kier alpha value is -3.25. The van der Waals surface area contributed by atoms with Crippen LogP contribution in [0.25, 0.3) is 11.4 Å². The number of carbonyl (C=O) groups is 1. The average molecular weight is 420 g/mol. The molecule has 2 N–H and O–H groups in total. The van der Waals surface area contributed by atoms with Crippen LogP contribution < -0.4 is 10.9 Å². The summed E-state index contributed by atoms with van der Waals surface area (Å²) < 4.78 is 1.39.